The summed E-state index contributed by atoms with van der Waals surface area (Å²) in [6.07, 6.45) is 4.32. The molecule has 0 aromatic heterocycles. The highest BCUT2D eigenvalue weighted by atomic mass is 16.1. The minimum atomic E-state index is 0.271. The van der Waals surface area contributed by atoms with E-state index in [1.807, 2.05) is 0 Å². The van der Waals surface area contributed by atoms with Crippen molar-refractivity contribution in [2.45, 2.75) is 53.4 Å². The van der Waals surface area contributed by atoms with Crippen molar-refractivity contribution in [3.05, 3.63) is 0 Å². The first-order valence-corrected chi connectivity index (χ1v) is 5.54. The maximum absolute atomic E-state index is 11.6. The average Bonchev–Trinajstić information content (AvgIpc) is 2.21. The zero-order chi connectivity index (χ0) is 10.1. The topological polar surface area (TPSA) is 17.1 Å². The van der Waals surface area contributed by atoms with E-state index in [-0.39, 0.29) is 5.92 Å². The Morgan fingerprint density at radius 2 is 2.08 bits per heavy atom. The molecule has 0 aromatic rings. The van der Waals surface area contributed by atoms with Gasteiger partial charge >= 0.3 is 0 Å². The van der Waals surface area contributed by atoms with Crippen LogP contribution < -0.4 is 0 Å². The first-order chi connectivity index (χ1) is 6.01. The van der Waals surface area contributed by atoms with E-state index in [0.29, 0.717) is 17.1 Å². The Hall–Kier alpha value is -0.330. The lowest BCUT2D eigenvalue weighted by molar-refractivity contribution is -0.124. The summed E-state index contributed by atoms with van der Waals surface area (Å²) in [6, 6.07) is 0. The van der Waals surface area contributed by atoms with Crippen LogP contribution in [0.5, 0.6) is 0 Å². The van der Waals surface area contributed by atoms with Crippen LogP contribution in [-0.2, 0) is 4.79 Å². The molecule has 1 aliphatic rings. The highest BCUT2D eigenvalue weighted by molar-refractivity contribution is 5.81. The molecule has 0 aliphatic heterocycles. The number of ketones is 1. The van der Waals surface area contributed by atoms with Crippen LogP contribution in [0, 0.1) is 17.3 Å². The number of hydrogen-bond acceptors (Lipinski definition) is 1. The lowest BCUT2D eigenvalue weighted by atomic mass is 9.69. The molecule has 0 N–H and O–H groups in total. The molecule has 0 bridgehead atoms. The van der Waals surface area contributed by atoms with Crippen molar-refractivity contribution in [1.29, 1.82) is 0 Å². The molecule has 3 unspecified atom stereocenters. The largest absolute Gasteiger partial charge is 0.299 e. The van der Waals surface area contributed by atoms with Crippen LogP contribution in [0.25, 0.3) is 0 Å². The van der Waals surface area contributed by atoms with Gasteiger partial charge in [0.15, 0.2) is 0 Å². The van der Waals surface area contributed by atoms with Crippen molar-refractivity contribution in [3.63, 3.8) is 0 Å². The molecule has 1 aliphatic carbocycles. The molecule has 76 valence electrons. The van der Waals surface area contributed by atoms with Gasteiger partial charge in [0.2, 0.25) is 0 Å². The summed E-state index contributed by atoms with van der Waals surface area (Å²) in [6.45, 7) is 8.94. The van der Waals surface area contributed by atoms with Gasteiger partial charge in [0.05, 0.1) is 0 Å². The van der Waals surface area contributed by atoms with E-state index in [4.69, 9.17) is 0 Å². The van der Waals surface area contributed by atoms with Crippen LogP contribution in [0.4, 0.5) is 0 Å². The third-order valence-corrected chi connectivity index (χ3v) is 4.34. The SMILES string of the molecule is CCC1(C)CCCC(=O)C(C)C1C. The number of rotatable bonds is 1. The van der Waals surface area contributed by atoms with E-state index >= 15 is 0 Å². The fourth-order valence-electron chi connectivity index (χ4n) is 2.50. The molecular weight excluding hydrogens is 160 g/mol. The van der Waals surface area contributed by atoms with E-state index < -0.39 is 0 Å². The molecule has 0 amide bonds. The van der Waals surface area contributed by atoms with E-state index in [9.17, 15) is 4.79 Å². The van der Waals surface area contributed by atoms with Crippen LogP contribution >= 0.6 is 0 Å². The summed E-state index contributed by atoms with van der Waals surface area (Å²) in [7, 11) is 0. The smallest absolute Gasteiger partial charge is 0.135 e. The Balaban J connectivity index is 2.84. The third kappa shape index (κ3) is 1.95. The molecule has 1 nitrogen and oxygen atoms in total. The Kier molecular flexibility index (Phi) is 3.15. The summed E-state index contributed by atoms with van der Waals surface area (Å²) in [5, 5.41) is 0. The van der Waals surface area contributed by atoms with Gasteiger partial charge in [-0.05, 0) is 24.2 Å². The number of Topliss-reactive ketones (excluding diaryl/α,β-unsaturated/α-hetero) is 1. The molecule has 1 heteroatoms. The maximum atomic E-state index is 11.6. The van der Waals surface area contributed by atoms with Gasteiger partial charge in [0, 0.05) is 12.3 Å². The first-order valence-electron chi connectivity index (χ1n) is 5.54. The fourth-order valence-corrected chi connectivity index (χ4v) is 2.50. The van der Waals surface area contributed by atoms with Crippen molar-refractivity contribution in [1.82, 2.24) is 0 Å². The van der Waals surface area contributed by atoms with Gasteiger partial charge in [0.25, 0.3) is 0 Å². The van der Waals surface area contributed by atoms with Gasteiger partial charge in [-0.3, -0.25) is 4.79 Å². The van der Waals surface area contributed by atoms with Crippen LogP contribution in [0.3, 0.4) is 0 Å². The van der Waals surface area contributed by atoms with Gasteiger partial charge in [-0.15, -0.1) is 0 Å². The predicted octanol–water partition coefficient (Wildman–Crippen LogP) is 3.43. The lowest BCUT2D eigenvalue weighted by Gasteiger charge is -2.35. The maximum Gasteiger partial charge on any atom is 0.135 e. The quantitative estimate of drug-likeness (QED) is 0.568. The van der Waals surface area contributed by atoms with E-state index in [1.165, 1.54) is 12.8 Å². The van der Waals surface area contributed by atoms with E-state index in [0.717, 1.165) is 12.8 Å². The normalized spacial score (nSPS) is 41.7. The highest BCUT2D eigenvalue weighted by Crippen LogP contribution is 2.43. The van der Waals surface area contributed by atoms with Gasteiger partial charge in [-0.25, -0.2) is 0 Å². The highest BCUT2D eigenvalue weighted by Gasteiger charge is 2.37. The van der Waals surface area contributed by atoms with Crippen molar-refractivity contribution < 1.29 is 4.79 Å². The van der Waals surface area contributed by atoms with E-state index in [1.54, 1.807) is 0 Å². The van der Waals surface area contributed by atoms with E-state index in [2.05, 4.69) is 27.7 Å². The summed E-state index contributed by atoms with van der Waals surface area (Å²) >= 11 is 0. The predicted molar refractivity (Wildman–Crippen MR) is 55.6 cm³/mol. The standard InChI is InChI=1S/C12H22O/c1-5-12(4)8-6-7-11(13)9(2)10(12)3/h9-10H,5-8H2,1-4H3. The molecule has 0 radical (unpaired) electrons. The second kappa shape index (κ2) is 3.81. The second-order valence-corrected chi connectivity index (χ2v) is 4.90. The summed E-state index contributed by atoms with van der Waals surface area (Å²) < 4.78 is 0. The molecule has 0 aromatic carbocycles. The van der Waals surface area contributed by atoms with Crippen LogP contribution in [-0.4, -0.2) is 5.78 Å². The Bertz CT molecular complexity index is 197. The third-order valence-electron chi connectivity index (χ3n) is 4.34. The number of carbonyl (C=O) groups excluding carboxylic acids is 1. The van der Waals surface area contributed by atoms with Gasteiger partial charge in [-0.2, -0.15) is 0 Å². The lowest BCUT2D eigenvalue weighted by Crippen LogP contribution is -2.30. The number of carbonyl (C=O) groups is 1. The summed E-state index contributed by atoms with van der Waals surface area (Å²) in [5.74, 6) is 1.30. The van der Waals surface area contributed by atoms with Gasteiger partial charge in [-0.1, -0.05) is 34.1 Å². The van der Waals surface area contributed by atoms with Gasteiger partial charge in [0.1, 0.15) is 5.78 Å². The minimum Gasteiger partial charge on any atom is -0.299 e. The molecule has 1 fully saturated rings. The summed E-state index contributed by atoms with van der Waals surface area (Å²) in [4.78, 5) is 11.6. The Labute approximate surface area is 81.9 Å². The zero-order valence-electron chi connectivity index (χ0n) is 9.39. The molecule has 0 heterocycles. The molecule has 0 spiro atoms. The molecular formula is C12H22O. The second-order valence-electron chi connectivity index (χ2n) is 4.90. The average molecular weight is 182 g/mol. The van der Waals surface area contributed by atoms with Crippen molar-refractivity contribution in [2.75, 3.05) is 0 Å². The molecule has 0 saturated heterocycles. The monoisotopic (exact) mass is 182 g/mol. The van der Waals surface area contributed by atoms with Gasteiger partial charge < -0.3 is 0 Å². The summed E-state index contributed by atoms with van der Waals surface area (Å²) in [5.41, 5.74) is 0.394. The zero-order valence-corrected chi connectivity index (χ0v) is 9.39. The van der Waals surface area contributed by atoms with Crippen LogP contribution in [0.15, 0.2) is 0 Å². The number of hydrogen-bond donors (Lipinski definition) is 0. The van der Waals surface area contributed by atoms with Crippen LogP contribution in [0.1, 0.15) is 53.4 Å². The fraction of sp³-hybridized carbons (Fsp3) is 0.917. The van der Waals surface area contributed by atoms with Crippen LogP contribution in [0.2, 0.25) is 0 Å². The minimum absolute atomic E-state index is 0.271. The Morgan fingerprint density at radius 1 is 1.46 bits per heavy atom. The molecule has 1 saturated carbocycles. The molecule has 3 atom stereocenters. The molecule has 1 rings (SSSR count). The molecule has 13 heavy (non-hydrogen) atoms. The van der Waals surface area contributed by atoms with Crippen molar-refractivity contribution in [3.8, 4) is 0 Å². The first kappa shape index (κ1) is 10.7. The Morgan fingerprint density at radius 3 is 2.62 bits per heavy atom. The van der Waals surface area contributed by atoms with Crippen molar-refractivity contribution in [2.24, 2.45) is 17.3 Å². The van der Waals surface area contributed by atoms with Crippen molar-refractivity contribution >= 4 is 5.78 Å².